The van der Waals surface area contributed by atoms with Crippen molar-refractivity contribution in [3.8, 4) is 6.19 Å². The van der Waals surface area contributed by atoms with E-state index in [0.717, 1.165) is 21.5 Å². The van der Waals surface area contributed by atoms with Crippen LogP contribution in [0, 0.1) is 18.0 Å². The van der Waals surface area contributed by atoms with Crippen LogP contribution in [0.3, 0.4) is 0 Å². The van der Waals surface area contributed by atoms with Crippen LogP contribution in [0.1, 0.15) is 0 Å². The Kier molecular flexibility index (Phi) is 3.53. The SMILES string of the molecule is [C-]#[N+]/N=c1\c2ccccc2c2nc3cc4nc5c(=NC#N)c6ccccc6c5nc4cc3nc12. The molecule has 34 heavy (non-hydrogen) atoms. The topological polar surface area (TPSA) is 104 Å². The molecule has 0 saturated heterocycles. The fraction of sp³-hybridized carbons (Fsp3) is 0. The highest BCUT2D eigenvalue weighted by molar-refractivity contribution is 6.12. The lowest BCUT2D eigenvalue weighted by Crippen LogP contribution is -2.01. The van der Waals surface area contributed by atoms with Crippen molar-refractivity contribution in [2.75, 3.05) is 0 Å². The van der Waals surface area contributed by atoms with E-state index in [1.807, 2.05) is 66.9 Å². The normalized spacial score (nSPS) is 13.0. The van der Waals surface area contributed by atoms with Crippen molar-refractivity contribution in [1.29, 1.82) is 5.26 Å². The molecule has 7 rings (SSSR count). The Morgan fingerprint density at radius 1 is 0.647 bits per heavy atom. The summed E-state index contributed by atoms with van der Waals surface area (Å²) in [5.41, 5.74) is 5.16. The number of rotatable bonds is 0. The number of hydrogen-bond acceptors (Lipinski definition) is 7. The van der Waals surface area contributed by atoms with E-state index < -0.39 is 0 Å². The molecule has 7 aromatic rings. The summed E-state index contributed by atoms with van der Waals surface area (Å²) in [5, 5.41) is 17.8. The maximum atomic E-state index is 9.23. The first-order valence-electron chi connectivity index (χ1n) is 10.4. The summed E-state index contributed by atoms with van der Waals surface area (Å²) in [6.07, 6.45) is 1.89. The summed E-state index contributed by atoms with van der Waals surface area (Å²) in [5.74, 6) is 0. The lowest BCUT2D eigenvalue weighted by molar-refractivity contribution is 1.33. The van der Waals surface area contributed by atoms with Gasteiger partial charge in [0.2, 0.25) is 6.19 Å². The molecule has 0 radical (unpaired) electrons. The number of nitriles is 1. The lowest BCUT2D eigenvalue weighted by atomic mass is 10.2. The van der Waals surface area contributed by atoms with E-state index in [4.69, 9.17) is 26.5 Å². The van der Waals surface area contributed by atoms with Crippen molar-refractivity contribution < 1.29 is 0 Å². The molecule has 154 valence electrons. The van der Waals surface area contributed by atoms with Gasteiger partial charge in [0.15, 0.2) is 5.36 Å². The Morgan fingerprint density at radius 3 is 1.59 bits per heavy atom. The van der Waals surface area contributed by atoms with Crippen molar-refractivity contribution in [1.82, 2.24) is 19.9 Å². The van der Waals surface area contributed by atoms with Crippen molar-refractivity contribution in [2.24, 2.45) is 10.1 Å². The van der Waals surface area contributed by atoms with Crippen LogP contribution in [-0.2, 0) is 0 Å². The Hall–Kier alpha value is -5.34. The molecule has 0 spiro atoms. The minimum atomic E-state index is 0.525. The first-order chi connectivity index (χ1) is 16.8. The van der Waals surface area contributed by atoms with Gasteiger partial charge in [-0.25, -0.2) is 19.9 Å². The van der Waals surface area contributed by atoms with Crippen molar-refractivity contribution in [3.05, 3.63) is 82.9 Å². The second kappa shape index (κ2) is 6.58. The van der Waals surface area contributed by atoms with Gasteiger partial charge in [0.05, 0.1) is 38.2 Å². The standard InChI is InChI=1S/C26H10N8/c1-28-34-24-16-9-5-4-8-15(16)23-26(24)33-20-11-17-19(10-18(20)31-23)32-25-21(29-12-27)13-6-2-3-7-14(13)22(25)30-17/h2-11H/b29-21?,34-24+. The molecule has 0 aliphatic rings. The third kappa shape index (κ3) is 2.34. The summed E-state index contributed by atoms with van der Waals surface area (Å²) in [7, 11) is 0. The zero-order valence-electron chi connectivity index (χ0n) is 17.4. The second-order valence-electron chi connectivity index (χ2n) is 7.87. The van der Waals surface area contributed by atoms with Crippen LogP contribution in [0.2, 0.25) is 0 Å². The van der Waals surface area contributed by atoms with Crippen LogP contribution in [0.25, 0.3) is 70.6 Å². The minimum absolute atomic E-state index is 0.525. The van der Waals surface area contributed by atoms with Crippen LogP contribution in [0.4, 0.5) is 0 Å². The molecule has 0 N–H and O–H groups in total. The summed E-state index contributed by atoms with van der Waals surface area (Å²) in [4.78, 5) is 26.7. The molecule has 0 aliphatic carbocycles. The molecular weight excluding hydrogens is 424 g/mol. The van der Waals surface area contributed by atoms with Gasteiger partial charge in [-0.15, -0.1) is 4.95 Å². The van der Waals surface area contributed by atoms with E-state index in [1.54, 1.807) is 0 Å². The zero-order valence-corrected chi connectivity index (χ0v) is 17.4. The van der Waals surface area contributed by atoms with Gasteiger partial charge < -0.3 is 0 Å². The molecule has 0 atom stereocenters. The first-order valence-corrected chi connectivity index (χ1v) is 10.4. The number of aromatic nitrogens is 4. The summed E-state index contributed by atoms with van der Waals surface area (Å²) >= 11 is 0. The monoisotopic (exact) mass is 434 g/mol. The molecule has 0 saturated carbocycles. The van der Waals surface area contributed by atoms with Crippen LogP contribution >= 0.6 is 0 Å². The fourth-order valence-corrected chi connectivity index (χ4v) is 4.67. The predicted octanol–water partition coefficient (Wildman–Crippen LogP) is 4.18. The van der Waals surface area contributed by atoms with Gasteiger partial charge in [-0.3, -0.25) is 0 Å². The molecular formula is C26H10N8. The van der Waals surface area contributed by atoms with Crippen LogP contribution in [0.15, 0.2) is 70.8 Å². The first kappa shape index (κ1) is 18.3. The van der Waals surface area contributed by atoms with Gasteiger partial charge in [-0.1, -0.05) is 48.5 Å². The maximum Gasteiger partial charge on any atom is 0.206 e. The van der Waals surface area contributed by atoms with Gasteiger partial charge in [-0.2, -0.15) is 16.8 Å². The number of benzene rings is 3. The predicted molar refractivity (Wildman–Crippen MR) is 128 cm³/mol. The molecule has 0 unspecified atom stereocenters. The Balaban J connectivity index is 1.65. The van der Waals surface area contributed by atoms with Gasteiger partial charge in [-0.05, 0) is 12.1 Å². The highest BCUT2D eigenvalue weighted by Gasteiger charge is 2.17. The summed E-state index contributed by atoms with van der Waals surface area (Å²) < 4.78 is 0. The lowest BCUT2D eigenvalue weighted by Gasteiger charge is -2.02. The van der Waals surface area contributed by atoms with Gasteiger partial charge in [0, 0.05) is 21.5 Å². The highest BCUT2D eigenvalue weighted by Crippen LogP contribution is 2.28. The quantitative estimate of drug-likeness (QED) is 0.154. The Bertz CT molecular complexity index is 2040. The molecule has 2 heterocycles. The summed E-state index contributed by atoms with van der Waals surface area (Å²) in [6.45, 7) is 7.24. The van der Waals surface area contributed by atoms with Gasteiger partial charge >= 0.3 is 0 Å². The van der Waals surface area contributed by atoms with E-state index in [-0.39, 0.29) is 0 Å². The van der Waals surface area contributed by atoms with Crippen molar-refractivity contribution in [3.63, 3.8) is 0 Å². The fourth-order valence-electron chi connectivity index (χ4n) is 4.67. The van der Waals surface area contributed by atoms with Crippen molar-refractivity contribution in [2.45, 2.75) is 0 Å². The average Bonchev–Trinajstić information content (AvgIpc) is 3.33. The molecule has 8 heteroatoms. The van der Waals surface area contributed by atoms with Crippen LogP contribution in [-0.4, -0.2) is 19.9 Å². The molecule has 0 amide bonds. The second-order valence-corrected chi connectivity index (χ2v) is 7.87. The van der Waals surface area contributed by atoms with Gasteiger partial charge in [0.1, 0.15) is 16.4 Å². The number of hydrogen-bond donors (Lipinski definition) is 0. The highest BCUT2D eigenvalue weighted by atomic mass is 15.2. The molecule has 0 aliphatic heterocycles. The van der Waals surface area contributed by atoms with Crippen molar-refractivity contribution >= 4 is 65.7 Å². The third-order valence-corrected chi connectivity index (χ3v) is 6.08. The smallest absolute Gasteiger partial charge is 0.206 e. The molecule has 8 nitrogen and oxygen atoms in total. The number of fused-ring (bicyclic) bond motifs is 8. The van der Waals surface area contributed by atoms with Gasteiger partial charge in [0.25, 0.3) is 0 Å². The third-order valence-electron chi connectivity index (χ3n) is 6.08. The number of nitrogens with zero attached hydrogens (tertiary/aromatic N) is 8. The summed E-state index contributed by atoms with van der Waals surface area (Å²) in [6, 6.07) is 19.1. The molecule has 2 aromatic heterocycles. The Labute approximate surface area is 190 Å². The maximum absolute atomic E-state index is 9.23. The molecule has 0 bridgehead atoms. The van der Waals surface area contributed by atoms with Crippen LogP contribution < -0.4 is 10.7 Å². The minimum Gasteiger partial charge on any atom is -0.244 e. The van der Waals surface area contributed by atoms with Crippen LogP contribution in [0.5, 0.6) is 0 Å². The zero-order chi connectivity index (χ0) is 22.8. The van der Waals surface area contributed by atoms with E-state index in [9.17, 15) is 5.26 Å². The van der Waals surface area contributed by atoms with E-state index in [2.05, 4.69) is 15.0 Å². The van der Waals surface area contributed by atoms with E-state index >= 15 is 0 Å². The van der Waals surface area contributed by atoms with E-state index in [1.165, 1.54) is 0 Å². The largest absolute Gasteiger partial charge is 0.244 e. The molecule has 5 aromatic carbocycles. The average molecular weight is 434 g/mol. The van der Waals surface area contributed by atoms with E-state index in [0.29, 0.717) is 54.8 Å². The Morgan fingerprint density at radius 2 is 1.09 bits per heavy atom. The molecule has 0 fully saturated rings.